The summed E-state index contributed by atoms with van der Waals surface area (Å²) in [7, 11) is 5.79. The number of rotatable bonds is 24. The van der Waals surface area contributed by atoms with Gasteiger partial charge in [-0.15, -0.1) is 36.2 Å². The van der Waals surface area contributed by atoms with Crippen molar-refractivity contribution in [1.29, 1.82) is 5.26 Å². The third-order valence-electron chi connectivity index (χ3n) is 10.6. The highest BCUT2D eigenvalue weighted by molar-refractivity contribution is 8.00. The molecular weight excluding hydrogens is 1130 g/mol. The fourth-order valence-corrected chi connectivity index (χ4v) is 8.58. The van der Waals surface area contributed by atoms with Gasteiger partial charge in [0.25, 0.3) is 17.1 Å². The first-order valence-corrected chi connectivity index (χ1v) is 27.4. The molecule has 23 nitrogen and oxygen atoms in total. The topological polar surface area (TPSA) is 323 Å². The number of aryl methyl sites for hydroxylation is 2. The Bertz CT molecular complexity index is 2940. The summed E-state index contributed by atoms with van der Waals surface area (Å²) in [4.78, 5) is 90.0. The van der Waals surface area contributed by atoms with Crippen LogP contribution in [0.5, 0.6) is 11.5 Å². The molecule has 82 heavy (non-hydrogen) atoms. The summed E-state index contributed by atoms with van der Waals surface area (Å²) in [6.45, 7) is 7.08. The Kier molecular flexibility index (Phi) is 34.1. The molecule has 0 amide bonds. The molecule has 0 saturated heterocycles. The molecule has 5 aromatic rings. The number of ether oxygens (including phenoxy) is 7. The molecular formula is C56H70N4O19S3. The molecule has 2 atom stereocenters. The first-order valence-electron chi connectivity index (χ1n) is 25.8. The largest absolute Gasteiger partial charge is 0.497 e. The van der Waals surface area contributed by atoms with E-state index in [9.17, 15) is 59.4 Å². The number of hydrogen-bond donors (Lipinski definition) is 2. The Morgan fingerprint density at radius 2 is 0.988 bits per heavy atom. The van der Waals surface area contributed by atoms with Gasteiger partial charge in [-0.05, 0) is 137 Å². The maximum absolute atomic E-state index is 12.3. The molecule has 446 valence electrons. The van der Waals surface area contributed by atoms with Crippen LogP contribution in [-0.4, -0.2) is 116 Å². The summed E-state index contributed by atoms with van der Waals surface area (Å²) in [5.74, 6) is -1.18. The van der Waals surface area contributed by atoms with Gasteiger partial charge in [-0.3, -0.25) is 35.1 Å². The van der Waals surface area contributed by atoms with Crippen LogP contribution in [0.25, 0.3) is 0 Å². The molecule has 0 aromatic heterocycles. The molecule has 0 spiro atoms. The molecule has 26 heteroatoms. The number of nitro benzene ring substituents is 3. The van der Waals surface area contributed by atoms with Gasteiger partial charge in [-0.25, -0.2) is 19.2 Å². The number of aliphatic hydroxyl groups excluding tert-OH is 1. The first-order chi connectivity index (χ1) is 40.1. The lowest BCUT2D eigenvalue weighted by Crippen LogP contribution is -2.21. The predicted molar refractivity (Wildman–Crippen MR) is 313 cm³/mol. The Hall–Kier alpha value is -8.25. The molecule has 0 aliphatic carbocycles. The van der Waals surface area contributed by atoms with Gasteiger partial charge < -0.3 is 38.3 Å². The summed E-state index contributed by atoms with van der Waals surface area (Å²) in [5.41, 5.74) is 2.17. The summed E-state index contributed by atoms with van der Waals surface area (Å²) in [6, 6.07) is 29.5. The van der Waals surface area contributed by atoms with E-state index in [1.54, 1.807) is 53.4 Å². The molecule has 1 N–H and O–H groups in total. The van der Waals surface area contributed by atoms with Crippen molar-refractivity contribution in [2.45, 2.75) is 92.3 Å². The quantitative estimate of drug-likeness (QED) is 0.0145. The van der Waals surface area contributed by atoms with Crippen LogP contribution in [0, 0.1) is 41.7 Å². The maximum atomic E-state index is 12.3. The number of thiol groups is 1. The van der Waals surface area contributed by atoms with Crippen LogP contribution >= 0.6 is 36.2 Å². The van der Waals surface area contributed by atoms with Gasteiger partial charge in [-0.2, -0.15) is 5.26 Å². The second-order valence-corrected chi connectivity index (χ2v) is 18.7. The van der Waals surface area contributed by atoms with Crippen molar-refractivity contribution in [3.05, 3.63) is 161 Å². The number of benzene rings is 5. The lowest BCUT2D eigenvalue weighted by Gasteiger charge is -2.15. The normalized spacial score (nSPS) is 10.7. The number of nitriles is 1. The molecule has 0 saturated carbocycles. The van der Waals surface area contributed by atoms with E-state index < -0.39 is 56.0 Å². The van der Waals surface area contributed by atoms with E-state index in [4.69, 9.17) is 36.7 Å². The lowest BCUT2D eigenvalue weighted by molar-refractivity contribution is -0.387. The molecule has 0 aliphatic heterocycles. The van der Waals surface area contributed by atoms with Crippen LogP contribution in [0.15, 0.2) is 118 Å². The summed E-state index contributed by atoms with van der Waals surface area (Å²) < 4.78 is 43.9. The Labute approximate surface area is 493 Å². The molecule has 0 bridgehead atoms. The van der Waals surface area contributed by atoms with Gasteiger partial charge in [0, 0.05) is 29.5 Å². The number of methoxy groups -OCH3 is 4. The number of thioether (sulfide) groups is 2. The highest BCUT2D eigenvalue weighted by atomic mass is 32.2. The van der Waals surface area contributed by atoms with Crippen molar-refractivity contribution in [3.8, 4) is 17.6 Å². The average Bonchev–Trinajstić information content (AvgIpc) is 3.44. The minimum absolute atomic E-state index is 0. The number of carbonyl (C=O) groups is 5. The highest BCUT2D eigenvalue weighted by Gasteiger charge is 2.27. The number of hydrogen-bond acceptors (Lipinski definition) is 23. The fraction of sp³-hybridized carbons (Fsp3) is 0.357. The van der Waals surface area contributed by atoms with Gasteiger partial charge >= 0.3 is 29.8 Å². The number of nitrogens with zero attached hydrogens (tertiary/aromatic N) is 4. The van der Waals surface area contributed by atoms with Gasteiger partial charge in [0.05, 0.1) is 100 Å². The van der Waals surface area contributed by atoms with Gasteiger partial charge in [0.1, 0.15) is 16.7 Å². The van der Waals surface area contributed by atoms with Crippen molar-refractivity contribution in [1.82, 2.24) is 0 Å². The van der Waals surface area contributed by atoms with Crippen LogP contribution in [0.4, 0.5) is 17.1 Å². The first kappa shape index (κ1) is 69.9. The zero-order valence-electron chi connectivity index (χ0n) is 48.7. The molecule has 5 rings (SSSR count). The maximum Gasteiger partial charge on any atom is 0.338 e. The van der Waals surface area contributed by atoms with Crippen LogP contribution in [-0.2, 0) is 46.1 Å². The highest BCUT2D eigenvalue weighted by Crippen LogP contribution is 2.36. The Morgan fingerprint density at radius 1 is 0.622 bits per heavy atom. The van der Waals surface area contributed by atoms with Crippen molar-refractivity contribution >= 4 is 83.1 Å². The summed E-state index contributed by atoms with van der Waals surface area (Å²) in [5, 5.41) is 48.9. The number of nitro groups is 3. The molecule has 0 unspecified atom stereocenters. The second kappa shape index (κ2) is 40.0. The monoisotopic (exact) mass is 1200 g/mol. The van der Waals surface area contributed by atoms with Crippen molar-refractivity contribution < 1.29 is 81.4 Å². The minimum atomic E-state index is -1.02. The van der Waals surface area contributed by atoms with Crippen molar-refractivity contribution in [2.24, 2.45) is 0 Å². The van der Waals surface area contributed by atoms with Gasteiger partial charge in [-0.1, -0.05) is 24.3 Å². The summed E-state index contributed by atoms with van der Waals surface area (Å²) in [6.07, 6.45) is 4.60. The lowest BCUT2D eigenvalue weighted by atomic mass is 10.1. The average molecular weight is 1200 g/mol. The number of carbonyl (C=O) groups excluding carboxylic acids is 5. The summed E-state index contributed by atoms with van der Waals surface area (Å²) >= 11 is 6.24. The number of esters is 5. The van der Waals surface area contributed by atoms with Crippen LogP contribution in [0.3, 0.4) is 0 Å². The van der Waals surface area contributed by atoms with Crippen LogP contribution in [0.2, 0.25) is 0 Å². The standard InChI is InChI=1S/C22H25NO7S.C13H18O4.C10H11NO4S.C9H9NO4S.C2H3N.2H2/c1-4-30-21(24)16-10-13-19(18(14-16)23(26)27)31-20(22(25)29-3)7-5-6-15-8-11-17(28-2)12-9-15;1-16-11-8-6-10(7-9-11)4-3-5-12(14)13(15)17-2;1-3-15-10(12)7-4-5-9(16-2)8(6-7)11(13)14;1-2-14-9(11)6-3-4-8(15)7(5-6)10(12)13;1-2-3;;/h8-14,20H,4-7H2,1-3H3;6-9,12,14H,3-5H2,1-2H3;4-6H,3H2,1-2H3;3-5,15H,2H2,1H3;1H3;2*1H/t20-;12-;;;;;/m01...../s1/i;;;;;1+2D;1+2. The van der Waals surface area contributed by atoms with Crippen molar-refractivity contribution in [2.75, 3.05) is 54.5 Å². The third kappa shape index (κ3) is 25.9. The van der Waals surface area contributed by atoms with E-state index >= 15 is 0 Å². The third-order valence-corrected chi connectivity index (χ3v) is 13.1. The second-order valence-electron chi connectivity index (χ2n) is 16.1. The smallest absolute Gasteiger partial charge is 0.338 e. The van der Waals surface area contributed by atoms with Crippen LogP contribution in [0.1, 0.15) is 100.0 Å². The Balaban J connectivity index is 0. The molecule has 0 fully saturated rings. The SMILES string of the molecule is CC#N.CCOC(=O)c1ccc(S)c([N+](=O)[O-])c1.CCOC(=O)c1ccc(SC)c([N+](=O)[O-])c1.CCOC(=O)c1ccc(S[C@@H](CCCc2ccc(OC)cc2)C(=O)OC)c([N+](=O)[O-])c1.COC(=O)[C@H](O)CCCc1ccc(OC)cc1.[2H][3H].[3HH]. The fourth-order valence-electron chi connectivity index (χ4n) is 6.63. The Morgan fingerprint density at radius 3 is 1.35 bits per heavy atom. The van der Waals surface area contributed by atoms with Crippen molar-refractivity contribution in [3.63, 3.8) is 0 Å². The van der Waals surface area contributed by atoms with Gasteiger partial charge in [0.15, 0.2) is 6.10 Å². The van der Waals surface area contributed by atoms with E-state index in [0.29, 0.717) is 24.2 Å². The van der Waals surface area contributed by atoms with Gasteiger partial charge in [0.2, 0.25) is 0 Å². The van der Waals surface area contributed by atoms with E-state index in [1.165, 1.54) is 75.4 Å². The molecule has 0 radical (unpaired) electrons. The minimum Gasteiger partial charge on any atom is -0.497 e. The van der Waals surface area contributed by atoms with E-state index in [-0.39, 0.29) is 64.8 Å². The van der Waals surface area contributed by atoms with E-state index in [2.05, 4.69) is 17.4 Å². The molecule has 5 aromatic carbocycles. The number of aliphatic hydroxyl groups is 1. The van der Waals surface area contributed by atoms with E-state index in [1.807, 2.05) is 48.5 Å². The zero-order chi connectivity index (χ0) is 63.7. The molecule has 0 heterocycles. The van der Waals surface area contributed by atoms with E-state index in [0.717, 1.165) is 59.7 Å². The molecule has 0 aliphatic rings. The van der Waals surface area contributed by atoms with Crippen LogP contribution < -0.4 is 9.47 Å². The predicted octanol–water partition coefficient (Wildman–Crippen LogP) is 11.6. The zero-order valence-corrected chi connectivity index (χ0v) is 49.2.